The summed E-state index contributed by atoms with van der Waals surface area (Å²) in [5.41, 5.74) is 3.80. The molecule has 0 bridgehead atoms. The molecule has 0 amide bonds. The predicted octanol–water partition coefficient (Wildman–Crippen LogP) is 2.81. The lowest BCUT2D eigenvalue weighted by atomic mass is 10.1. The lowest BCUT2D eigenvalue weighted by Gasteiger charge is -2.09. The van der Waals surface area contributed by atoms with Gasteiger partial charge in [0.15, 0.2) is 0 Å². The molecule has 0 saturated heterocycles. The molecule has 0 aliphatic heterocycles. The highest BCUT2D eigenvalue weighted by Gasteiger charge is 2.01. The van der Waals surface area contributed by atoms with Crippen molar-refractivity contribution in [1.29, 1.82) is 0 Å². The summed E-state index contributed by atoms with van der Waals surface area (Å²) < 4.78 is 0. The monoisotopic (exact) mass is 243 g/mol. The van der Waals surface area contributed by atoms with Crippen LogP contribution >= 0.6 is 0 Å². The number of aliphatic hydroxyl groups is 1. The normalized spacial score (nSPS) is 10.3. The molecule has 3 N–H and O–H groups in total. The Balaban J connectivity index is 2.04. The summed E-state index contributed by atoms with van der Waals surface area (Å²) in [5.74, 6) is 0.117. The predicted molar refractivity (Wildman–Crippen MR) is 72.5 cm³/mol. The van der Waals surface area contributed by atoms with Crippen molar-refractivity contribution in [3.63, 3.8) is 0 Å². The number of phenols is 1. The van der Waals surface area contributed by atoms with Crippen LogP contribution in [-0.2, 0) is 13.2 Å². The number of rotatable bonds is 4. The van der Waals surface area contributed by atoms with Crippen LogP contribution in [0.1, 0.15) is 16.7 Å². The Labute approximate surface area is 107 Å². The van der Waals surface area contributed by atoms with Gasteiger partial charge in [0, 0.05) is 23.9 Å². The Morgan fingerprint density at radius 2 is 1.94 bits per heavy atom. The summed E-state index contributed by atoms with van der Waals surface area (Å²) >= 11 is 0. The van der Waals surface area contributed by atoms with E-state index in [0.717, 1.165) is 5.69 Å². The molecule has 0 aromatic heterocycles. The minimum absolute atomic E-state index is 0.117. The Kier molecular flexibility index (Phi) is 3.85. The molecule has 2 aromatic carbocycles. The Morgan fingerprint density at radius 1 is 1.11 bits per heavy atom. The summed E-state index contributed by atoms with van der Waals surface area (Å²) in [5, 5.41) is 21.8. The number of aromatic hydroxyl groups is 1. The topological polar surface area (TPSA) is 52.5 Å². The van der Waals surface area contributed by atoms with E-state index in [1.54, 1.807) is 12.1 Å². The van der Waals surface area contributed by atoms with Crippen LogP contribution in [0.25, 0.3) is 0 Å². The fourth-order valence-electron chi connectivity index (χ4n) is 1.83. The number of aryl methyl sites for hydroxylation is 1. The molecule has 2 aromatic rings. The molecule has 0 unspecified atom stereocenters. The summed E-state index contributed by atoms with van der Waals surface area (Å²) in [7, 11) is 0. The maximum absolute atomic E-state index is 9.63. The largest absolute Gasteiger partial charge is 0.508 e. The van der Waals surface area contributed by atoms with E-state index in [4.69, 9.17) is 5.11 Å². The van der Waals surface area contributed by atoms with Gasteiger partial charge in [-0.05, 0) is 18.6 Å². The minimum Gasteiger partial charge on any atom is -0.508 e. The maximum atomic E-state index is 9.63. The summed E-state index contributed by atoms with van der Waals surface area (Å²) in [6.45, 7) is 2.62. The van der Waals surface area contributed by atoms with Gasteiger partial charge in [0.05, 0.1) is 6.61 Å². The van der Waals surface area contributed by atoms with Gasteiger partial charge in [-0.3, -0.25) is 0 Å². The van der Waals surface area contributed by atoms with Gasteiger partial charge in [-0.15, -0.1) is 0 Å². The molecule has 3 nitrogen and oxygen atoms in total. The highest BCUT2D eigenvalue weighted by molar-refractivity contribution is 5.51. The first-order valence-corrected chi connectivity index (χ1v) is 5.91. The van der Waals surface area contributed by atoms with E-state index in [9.17, 15) is 5.11 Å². The maximum Gasteiger partial charge on any atom is 0.123 e. The quantitative estimate of drug-likeness (QED) is 0.774. The van der Waals surface area contributed by atoms with Gasteiger partial charge in [-0.2, -0.15) is 0 Å². The number of aliphatic hydroxyl groups excluding tert-OH is 1. The second-order valence-electron chi connectivity index (χ2n) is 4.34. The first kappa shape index (κ1) is 12.5. The number of hydrogen-bond acceptors (Lipinski definition) is 3. The first-order valence-electron chi connectivity index (χ1n) is 5.91. The van der Waals surface area contributed by atoms with Gasteiger partial charge in [-0.1, -0.05) is 35.9 Å². The molecule has 3 heteroatoms. The lowest BCUT2D eigenvalue weighted by molar-refractivity contribution is 0.275. The van der Waals surface area contributed by atoms with Gasteiger partial charge in [0.1, 0.15) is 5.75 Å². The smallest absolute Gasteiger partial charge is 0.123 e. The molecule has 0 aliphatic carbocycles. The van der Waals surface area contributed by atoms with E-state index in [-0.39, 0.29) is 12.4 Å². The van der Waals surface area contributed by atoms with E-state index < -0.39 is 0 Å². The second kappa shape index (κ2) is 5.56. The van der Waals surface area contributed by atoms with Crippen LogP contribution in [0.2, 0.25) is 0 Å². The summed E-state index contributed by atoms with van der Waals surface area (Å²) in [6.07, 6.45) is 0. The van der Waals surface area contributed by atoms with Crippen molar-refractivity contribution in [1.82, 2.24) is 0 Å². The van der Waals surface area contributed by atoms with Crippen molar-refractivity contribution in [2.45, 2.75) is 20.1 Å². The molecular weight excluding hydrogens is 226 g/mol. The average Bonchev–Trinajstić information content (AvgIpc) is 2.37. The van der Waals surface area contributed by atoms with Crippen LogP contribution in [0.4, 0.5) is 5.69 Å². The van der Waals surface area contributed by atoms with Gasteiger partial charge in [0.25, 0.3) is 0 Å². The second-order valence-corrected chi connectivity index (χ2v) is 4.34. The molecular formula is C15H17NO2. The van der Waals surface area contributed by atoms with Gasteiger partial charge >= 0.3 is 0 Å². The Bertz CT molecular complexity index is 538. The van der Waals surface area contributed by atoms with E-state index in [1.807, 2.05) is 12.1 Å². The van der Waals surface area contributed by atoms with Crippen LogP contribution in [0, 0.1) is 6.92 Å². The molecule has 18 heavy (non-hydrogen) atoms. The SMILES string of the molecule is Cc1cccc(CNc2ccc(CO)c(O)c2)c1. The molecule has 0 radical (unpaired) electrons. The van der Waals surface area contributed by atoms with Crippen LogP contribution in [0.15, 0.2) is 42.5 Å². The van der Waals surface area contributed by atoms with Crippen LogP contribution in [0.5, 0.6) is 5.75 Å². The molecule has 0 heterocycles. The van der Waals surface area contributed by atoms with Crippen molar-refractivity contribution < 1.29 is 10.2 Å². The van der Waals surface area contributed by atoms with Crippen LogP contribution in [0.3, 0.4) is 0 Å². The molecule has 0 fully saturated rings. The fourth-order valence-corrected chi connectivity index (χ4v) is 1.83. The first-order chi connectivity index (χ1) is 8.69. The third-order valence-corrected chi connectivity index (χ3v) is 2.83. The van der Waals surface area contributed by atoms with Crippen LogP contribution < -0.4 is 5.32 Å². The van der Waals surface area contributed by atoms with E-state index in [2.05, 4.69) is 30.4 Å². The molecule has 2 rings (SSSR count). The zero-order chi connectivity index (χ0) is 13.0. The zero-order valence-corrected chi connectivity index (χ0v) is 10.4. The third-order valence-electron chi connectivity index (χ3n) is 2.83. The van der Waals surface area contributed by atoms with Crippen molar-refractivity contribution in [2.75, 3.05) is 5.32 Å². The highest BCUT2D eigenvalue weighted by atomic mass is 16.3. The standard InChI is InChI=1S/C15H17NO2/c1-11-3-2-4-12(7-11)9-16-14-6-5-13(10-17)15(18)8-14/h2-8,16-18H,9-10H2,1H3. The van der Waals surface area contributed by atoms with Crippen molar-refractivity contribution in [2.24, 2.45) is 0 Å². The van der Waals surface area contributed by atoms with E-state index in [1.165, 1.54) is 11.1 Å². The zero-order valence-electron chi connectivity index (χ0n) is 10.4. The van der Waals surface area contributed by atoms with E-state index in [0.29, 0.717) is 12.1 Å². The fraction of sp³-hybridized carbons (Fsp3) is 0.200. The van der Waals surface area contributed by atoms with Crippen LogP contribution in [-0.4, -0.2) is 10.2 Å². The highest BCUT2D eigenvalue weighted by Crippen LogP contribution is 2.22. The number of anilines is 1. The molecule has 0 saturated carbocycles. The summed E-state index contributed by atoms with van der Waals surface area (Å²) in [4.78, 5) is 0. The van der Waals surface area contributed by atoms with Gasteiger partial charge < -0.3 is 15.5 Å². The third kappa shape index (κ3) is 3.02. The Hall–Kier alpha value is -2.00. The minimum atomic E-state index is -0.149. The van der Waals surface area contributed by atoms with E-state index >= 15 is 0 Å². The molecule has 0 atom stereocenters. The lowest BCUT2D eigenvalue weighted by Crippen LogP contribution is -1.99. The van der Waals surface area contributed by atoms with Gasteiger partial charge in [0.2, 0.25) is 0 Å². The average molecular weight is 243 g/mol. The number of hydrogen-bond donors (Lipinski definition) is 3. The Morgan fingerprint density at radius 3 is 2.61 bits per heavy atom. The molecule has 0 aliphatic rings. The van der Waals surface area contributed by atoms with Crippen molar-refractivity contribution in [3.8, 4) is 5.75 Å². The molecule has 0 spiro atoms. The van der Waals surface area contributed by atoms with Gasteiger partial charge in [-0.25, -0.2) is 0 Å². The summed E-state index contributed by atoms with van der Waals surface area (Å²) in [6, 6.07) is 13.5. The number of nitrogens with one attached hydrogen (secondary N) is 1. The molecule has 94 valence electrons. The van der Waals surface area contributed by atoms with Crippen molar-refractivity contribution in [3.05, 3.63) is 59.2 Å². The van der Waals surface area contributed by atoms with Crippen molar-refractivity contribution >= 4 is 5.69 Å². The number of benzene rings is 2.